The quantitative estimate of drug-likeness (QED) is 0.502. The third kappa shape index (κ3) is 4.93. The van der Waals surface area contributed by atoms with Crippen molar-refractivity contribution in [2.24, 2.45) is 0 Å². The maximum Gasteiger partial charge on any atom is 0.330 e. The number of hydrogen-bond acceptors (Lipinski definition) is 5. The minimum absolute atomic E-state index is 0.351. The van der Waals surface area contributed by atoms with Gasteiger partial charge in [0.25, 0.3) is 0 Å². The Morgan fingerprint density at radius 2 is 2.14 bits per heavy atom. The van der Waals surface area contributed by atoms with E-state index in [-0.39, 0.29) is 5.97 Å². The average Bonchev–Trinajstić information content (AvgIpc) is 2.54. The molecule has 0 bridgehead atoms. The first-order valence-electron chi connectivity index (χ1n) is 6.96. The molecular weight excluding hydrogens is 296 g/mol. The highest BCUT2D eigenvalue weighted by molar-refractivity contribution is 7.98. The van der Waals surface area contributed by atoms with E-state index in [0.717, 1.165) is 10.6 Å². The van der Waals surface area contributed by atoms with Gasteiger partial charge in [-0.1, -0.05) is 30.3 Å². The summed E-state index contributed by atoms with van der Waals surface area (Å²) in [5.74, 6) is 0.863. The largest absolute Gasteiger partial charge is 0.463 e. The molecule has 0 amide bonds. The molecule has 114 valence electrons. The first-order chi connectivity index (χ1) is 10.7. The van der Waals surface area contributed by atoms with Gasteiger partial charge in [0.1, 0.15) is 5.82 Å². The molecule has 2 N–H and O–H groups in total. The predicted octanol–water partition coefficient (Wildman–Crippen LogP) is 3.53. The second-order valence-corrected chi connectivity index (χ2v) is 5.55. The molecule has 0 unspecified atom stereocenters. The lowest BCUT2D eigenvalue weighted by Gasteiger charge is -2.05. The number of nitrogen functional groups attached to an aromatic ring is 1. The van der Waals surface area contributed by atoms with E-state index in [1.807, 2.05) is 24.3 Å². The molecule has 22 heavy (non-hydrogen) atoms. The van der Waals surface area contributed by atoms with Gasteiger partial charge in [0.2, 0.25) is 0 Å². The molecule has 0 radical (unpaired) electrons. The number of anilines is 1. The van der Waals surface area contributed by atoms with Crippen LogP contribution in [-0.4, -0.2) is 17.6 Å². The van der Waals surface area contributed by atoms with E-state index < -0.39 is 0 Å². The standard InChI is InChI=1S/C17H18N2O2S/c1-2-21-16(20)9-8-14-10-15(11-19-17(14)18)22-12-13-6-4-3-5-7-13/h3-11H,2,12H2,1H3,(H2,18,19)/b9-8+. The Bertz CT molecular complexity index is 657. The normalized spacial score (nSPS) is 10.8. The Hall–Kier alpha value is -2.27. The van der Waals surface area contributed by atoms with Gasteiger partial charge in [-0.2, -0.15) is 0 Å². The number of thioether (sulfide) groups is 1. The van der Waals surface area contributed by atoms with Crippen LogP contribution in [0.4, 0.5) is 5.82 Å². The minimum atomic E-state index is -0.385. The van der Waals surface area contributed by atoms with Crippen LogP contribution in [0.3, 0.4) is 0 Å². The molecule has 4 nitrogen and oxygen atoms in total. The van der Waals surface area contributed by atoms with Gasteiger partial charge in [-0.25, -0.2) is 9.78 Å². The number of carbonyl (C=O) groups excluding carboxylic acids is 1. The van der Waals surface area contributed by atoms with Gasteiger partial charge in [-0.05, 0) is 24.6 Å². The summed E-state index contributed by atoms with van der Waals surface area (Å²) in [6, 6.07) is 12.1. The molecule has 2 aromatic rings. The number of benzene rings is 1. The van der Waals surface area contributed by atoms with E-state index in [1.54, 1.807) is 31.0 Å². The number of hydrogen-bond donors (Lipinski definition) is 1. The van der Waals surface area contributed by atoms with Crippen molar-refractivity contribution >= 4 is 29.6 Å². The van der Waals surface area contributed by atoms with Crippen molar-refractivity contribution in [3.8, 4) is 0 Å². The van der Waals surface area contributed by atoms with Crippen molar-refractivity contribution in [2.75, 3.05) is 12.3 Å². The number of nitrogens with zero attached hydrogens (tertiary/aromatic N) is 1. The van der Waals surface area contributed by atoms with E-state index >= 15 is 0 Å². The van der Waals surface area contributed by atoms with Gasteiger partial charge >= 0.3 is 5.97 Å². The Morgan fingerprint density at radius 3 is 2.86 bits per heavy atom. The van der Waals surface area contributed by atoms with Crippen LogP contribution in [0.2, 0.25) is 0 Å². The summed E-state index contributed by atoms with van der Waals surface area (Å²) in [7, 11) is 0. The molecule has 5 heteroatoms. The second kappa shape index (κ2) is 8.24. The molecule has 1 aromatic carbocycles. The van der Waals surface area contributed by atoms with Crippen LogP contribution >= 0.6 is 11.8 Å². The fourth-order valence-electron chi connectivity index (χ4n) is 1.77. The van der Waals surface area contributed by atoms with Gasteiger partial charge in [-0.3, -0.25) is 0 Å². The second-order valence-electron chi connectivity index (χ2n) is 4.51. The fourth-order valence-corrected chi connectivity index (χ4v) is 2.64. The molecule has 0 saturated carbocycles. The summed E-state index contributed by atoms with van der Waals surface area (Å²) in [5.41, 5.74) is 7.79. The highest BCUT2D eigenvalue weighted by atomic mass is 32.2. The number of esters is 1. The Morgan fingerprint density at radius 1 is 1.36 bits per heavy atom. The summed E-state index contributed by atoms with van der Waals surface area (Å²) in [6.07, 6.45) is 4.74. The summed E-state index contributed by atoms with van der Waals surface area (Å²) < 4.78 is 4.85. The van der Waals surface area contributed by atoms with Crippen LogP contribution in [0.25, 0.3) is 6.08 Å². The molecule has 0 atom stereocenters. The average molecular weight is 314 g/mol. The summed E-state index contributed by atoms with van der Waals surface area (Å²) in [6.45, 7) is 2.12. The number of carbonyl (C=O) groups is 1. The maximum atomic E-state index is 11.3. The van der Waals surface area contributed by atoms with Crippen molar-refractivity contribution in [1.82, 2.24) is 4.98 Å². The zero-order chi connectivity index (χ0) is 15.8. The number of pyridine rings is 1. The Labute approximate surface area is 134 Å². The lowest BCUT2D eigenvalue weighted by molar-refractivity contribution is -0.137. The van der Waals surface area contributed by atoms with Gasteiger partial charge in [-0.15, -0.1) is 11.8 Å². The fraction of sp³-hybridized carbons (Fsp3) is 0.176. The molecule has 0 aliphatic heterocycles. The van der Waals surface area contributed by atoms with Crippen LogP contribution in [0.1, 0.15) is 18.1 Å². The molecular formula is C17H18N2O2S. The van der Waals surface area contributed by atoms with Gasteiger partial charge in [0.05, 0.1) is 6.61 Å². The van der Waals surface area contributed by atoms with Gasteiger partial charge in [0.15, 0.2) is 0 Å². The van der Waals surface area contributed by atoms with Crippen LogP contribution in [0.5, 0.6) is 0 Å². The molecule has 1 heterocycles. The number of rotatable bonds is 6. The van der Waals surface area contributed by atoms with Crippen LogP contribution in [0, 0.1) is 0 Å². The lowest BCUT2D eigenvalue weighted by atomic mass is 10.2. The first kappa shape index (κ1) is 16.1. The molecule has 0 saturated heterocycles. The Kier molecular flexibility index (Phi) is 6.03. The molecule has 0 fully saturated rings. The SMILES string of the molecule is CCOC(=O)/C=C/c1cc(SCc2ccccc2)cnc1N. The van der Waals surface area contributed by atoms with E-state index in [2.05, 4.69) is 17.1 Å². The number of ether oxygens (including phenoxy) is 1. The summed E-state index contributed by atoms with van der Waals surface area (Å²) >= 11 is 1.67. The summed E-state index contributed by atoms with van der Waals surface area (Å²) in [4.78, 5) is 16.5. The van der Waals surface area contributed by atoms with E-state index in [0.29, 0.717) is 18.0 Å². The topological polar surface area (TPSA) is 65.2 Å². The number of nitrogens with two attached hydrogens (primary N) is 1. The van der Waals surface area contributed by atoms with Crippen LogP contribution < -0.4 is 5.73 Å². The van der Waals surface area contributed by atoms with Crippen LogP contribution in [0.15, 0.2) is 53.6 Å². The van der Waals surface area contributed by atoms with Crippen molar-refractivity contribution in [1.29, 1.82) is 0 Å². The Balaban J connectivity index is 2.04. The maximum absolute atomic E-state index is 11.3. The lowest BCUT2D eigenvalue weighted by Crippen LogP contribution is -1.99. The molecule has 0 spiro atoms. The van der Waals surface area contributed by atoms with Crippen molar-refractivity contribution in [2.45, 2.75) is 17.6 Å². The minimum Gasteiger partial charge on any atom is -0.463 e. The first-order valence-corrected chi connectivity index (χ1v) is 7.94. The van der Waals surface area contributed by atoms with Crippen LogP contribution in [-0.2, 0) is 15.3 Å². The smallest absolute Gasteiger partial charge is 0.330 e. The highest BCUT2D eigenvalue weighted by Crippen LogP contribution is 2.25. The van der Waals surface area contributed by atoms with E-state index in [1.165, 1.54) is 11.6 Å². The monoisotopic (exact) mass is 314 g/mol. The van der Waals surface area contributed by atoms with Gasteiger partial charge < -0.3 is 10.5 Å². The van der Waals surface area contributed by atoms with Crippen molar-refractivity contribution < 1.29 is 9.53 Å². The van der Waals surface area contributed by atoms with Gasteiger partial charge in [0, 0.05) is 28.5 Å². The number of aromatic nitrogens is 1. The zero-order valence-electron chi connectivity index (χ0n) is 12.4. The molecule has 1 aromatic heterocycles. The van der Waals surface area contributed by atoms with Crippen molar-refractivity contribution in [3.05, 3.63) is 59.8 Å². The zero-order valence-corrected chi connectivity index (χ0v) is 13.2. The van der Waals surface area contributed by atoms with E-state index in [4.69, 9.17) is 10.5 Å². The summed E-state index contributed by atoms with van der Waals surface area (Å²) in [5, 5.41) is 0. The predicted molar refractivity (Wildman–Crippen MR) is 90.3 cm³/mol. The molecule has 0 aliphatic carbocycles. The molecule has 2 rings (SSSR count). The van der Waals surface area contributed by atoms with E-state index in [9.17, 15) is 4.79 Å². The third-order valence-corrected chi connectivity index (χ3v) is 3.89. The molecule has 0 aliphatic rings. The third-order valence-electron chi connectivity index (χ3n) is 2.86. The van der Waals surface area contributed by atoms with Crippen molar-refractivity contribution in [3.63, 3.8) is 0 Å². The highest BCUT2D eigenvalue weighted by Gasteiger charge is 2.03.